The summed E-state index contributed by atoms with van der Waals surface area (Å²) in [6.07, 6.45) is 3.24. The van der Waals surface area contributed by atoms with Gasteiger partial charge in [-0.2, -0.15) is 0 Å². The fourth-order valence-electron chi connectivity index (χ4n) is 2.11. The van der Waals surface area contributed by atoms with Gasteiger partial charge >= 0.3 is 0 Å². The second-order valence-electron chi connectivity index (χ2n) is 4.66. The highest BCUT2D eigenvalue weighted by Crippen LogP contribution is 2.28. The third-order valence-corrected chi connectivity index (χ3v) is 3.25. The van der Waals surface area contributed by atoms with Gasteiger partial charge in [0.05, 0.1) is 11.4 Å². The Labute approximate surface area is 96.3 Å². The molecule has 1 aromatic rings. The van der Waals surface area contributed by atoms with Crippen molar-refractivity contribution >= 4 is 11.6 Å². The average molecular weight is 218 g/mol. The van der Waals surface area contributed by atoms with Gasteiger partial charge in [-0.25, -0.2) is 0 Å². The van der Waals surface area contributed by atoms with Gasteiger partial charge in [0.1, 0.15) is 0 Å². The third-order valence-electron chi connectivity index (χ3n) is 3.25. The van der Waals surface area contributed by atoms with Gasteiger partial charge in [-0.3, -0.25) is 9.78 Å². The Balaban J connectivity index is 2.17. The summed E-state index contributed by atoms with van der Waals surface area (Å²) in [7, 11) is 0. The highest BCUT2D eigenvalue weighted by molar-refractivity contribution is 5.94. The summed E-state index contributed by atoms with van der Waals surface area (Å²) >= 11 is 0. The van der Waals surface area contributed by atoms with Gasteiger partial charge in [-0.15, -0.1) is 0 Å². The molecule has 1 saturated carbocycles. The van der Waals surface area contributed by atoms with Crippen molar-refractivity contribution in [3.63, 3.8) is 0 Å². The van der Waals surface area contributed by atoms with Crippen molar-refractivity contribution < 1.29 is 4.79 Å². The molecule has 0 radical (unpaired) electrons. The van der Waals surface area contributed by atoms with Crippen molar-refractivity contribution in [2.45, 2.75) is 40.0 Å². The Morgan fingerprint density at radius 2 is 2.06 bits per heavy atom. The Morgan fingerprint density at radius 1 is 1.38 bits per heavy atom. The van der Waals surface area contributed by atoms with Crippen LogP contribution in [0.5, 0.6) is 0 Å². The topological polar surface area (TPSA) is 42.0 Å². The third kappa shape index (κ3) is 2.08. The van der Waals surface area contributed by atoms with Crippen LogP contribution in [0.15, 0.2) is 6.07 Å². The van der Waals surface area contributed by atoms with Crippen molar-refractivity contribution in [1.29, 1.82) is 0 Å². The van der Waals surface area contributed by atoms with Crippen LogP contribution in [0.1, 0.15) is 36.2 Å². The van der Waals surface area contributed by atoms with Crippen LogP contribution in [0.25, 0.3) is 0 Å². The zero-order valence-electron chi connectivity index (χ0n) is 10.1. The minimum absolute atomic E-state index is 0.156. The van der Waals surface area contributed by atoms with E-state index in [-0.39, 0.29) is 11.8 Å². The van der Waals surface area contributed by atoms with Gasteiger partial charge in [0.2, 0.25) is 5.91 Å². The number of carbonyl (C=O) groups excluding carboxylic acids is 1. The van der Waals surface area contributed by atoms with Crippen LogP contribution in [0.4, 0.5) is 5.69 Å². The highest BCUT2D eigenvalue weighted by atomic mass is 16.1. The zero-order chi connectivity index (χ0) is 11.7. The number of amides is 1. The quantitative estimate of drug-likeness (QED) is 0.829. The lowest BCUT2D eigenvalue weighted by Gasteiger charge is -2.24. The summed E-state index contributed by atoms with van der Waals surface area (Å²) in [5, 5.41) is 3.01. The van der Waals surface area contributed by atoms with Crippen molar-refractivity contribution in [3.05, 3.63) is 23.0 Å². The molecule has 1 amide bonds. The predicted octanol–water partition coefficient (Wildman–Crippen LogP) is 2.75. The van der Waals surface area contributed by atoms with E-state index < -0.39 is 0 Å². The Kier molecular flexibility index (Phi) is 2.95. The molecule has 16 heavy (non-hydrogen) atoms. The summed E-state index contributed by atoms with van der Waals surface area (Å²) in [5.41, 5.74) is 3.89. The van der Waals surface area contributed by atoms with Crippen molar-refractivity contribution in [2.24, 2.45) is 5.92 Å². The monoisotopic (exact) mass is 218 g/mol. The fraction of sp³-hybridized carbons (Fsp3) is 0.538. The SMILES string of the molecule is Cc1cc(C)c(NC(=O)C2CCC2)c(C)n1. The van der Waals surface area contributed by atoms with Crippen LogP contribution in [-0.2, 0) is 4.79 Å². The lowest BCUT2D eigenvalue weighted by atomic mass is 9.84. The minimum Gasteiger partial charge on any atom is -0.324 e. The number of pyridine rings is 1. The molecule has 1 heterocycles. The maximum Gasteiger partial charge on any atom is 0.227 e. The van der Waals surface area contributed by atoms with Gasteiger partial charge in [0.25, 0.3) is 0 Å². The molecule has 1 aliphatic rings. The summed E-state index contributed by atoms with van der Waals surface area (Å²) in [6.45, 7) is 5.92. The normalized spacial score (nSPS) is 15.7. The highest BCUT2D eigenvalue weighted by Gasteiger charge is 2.25. The molecule has 1 aliphatic carbocycles. The molecule has 0 saturated heterocycles. The summed E-state index contributed by atoms with van der Waals surface area (Å²) in [4.78, 5) is 16.2. The first-order valence-corrected chi connectivity index (χ1v) is 5.83. The molecule has 0 unspecified atom stereocenters. The molecule has 86 valence electrons. The minimum atomic E-state index is 0.156. The van der Waals surface area contributed by atoms with E-state index in [4.69, 9.17) is 0 Å². The standard InChI is InChI=1S/C13H18N2O/c1-8-7-9(2)14-10(3)12(8)15-13(16)11-5-4-6-11/h7,11H,4-6H2,1-3H3,(H,15,16). The molecule has 2 rings (SSSR count). The molecule has 3 nitrogen and oxygen atoms in total. The predicted molar refractivity (Wildman–Crippen MR) is 64.4 cm³/mol. The molecule has 3 heteroatoms. The van der Waals surface area contributed by atoms with E-state index >= 15 is 0 Å². The van der Waals surface area contributed by atoms with Crippen LogP contribution in [0.3, 0.4) is 0 Å². The molecule has 0 aliphatic heterocycles. The molecule has 1 N–H and O–H groups in total. The number of nitrogens with zero attached hydrogens (tertiary/aromatic N) is 1. The fourth-order valence-corrected chi connectivity index (χ4v) is 2.11. The second kappa shape index (κ2) is 4.24. The van der Waals surface area contributed by atoms with Gasteiger partial charge < -0.3 is 5.32 Å². The number of aryl methyl sites for hydroxylation is 3. The van der Waals surface area contributed by atoms with E-state index in [0.29, 0.717) is 0 Å². The number of nitrogens with one attached hydrogen (secondary N) is 1. The maximum absolute atomic E-state index is 11.8. The van der Waals surface area contributed by atoms with Crippen LogP contribution in [-0.4, -0.2) is 10.9 Å². The van der Waals surface area contributed by atoms with Gasteiger partial charge in [0, 0.05) is 11.6 Å². The van der Waals surface area contributed by atoms with Gasteiger partial charge in [-0.05, 0) is 45.2 Å². The van der Waals surface area contributed by atoms with Crippen molar-refractivity contribution in [2.75, 3.05) is 5.32 Å². The molecule has 0 aromatic carbocycles. The number of aromatic nitrogens is 1. The van der Waals surface area contributed by atoms with Crippen molar-refractivity contribution in [3.8, 4) is 0 Å². The van der Waals surface area contributed by atoms with Gasteiger partial charge in [-0.1, -0.05) is 6.42 Å². The first-order chi connectivity index (χ1) is 7.58. The second-order valence-corrected chi connectivity index (χ2v) is 4.66. The lowest BCUT2D eigenvalue weighted by molar-refractivity contribution is -0.122. The van der Waals surface area contributed by atoms with Gasteiger partial charge in [0.15, 0.2) is 0 Å². The largest absolute Gasteiger partial charge is 0.324 e. The summed E-state index contributed by atoms with van der Waals surface area (Å²) in [6, 6.07) is 2.00. The van der Waals surface area contributed by atoms with Crippen LogP contribution >= 0.6 is 0 Å². The van der Waals surface area contributed by atoms with E-state index in [1.54, 1.807) is 0 Å². The lowest BCUT2D eigenvalue weighted by Crippen LogP contribution is -2.28. The molecule has 0 bridgehead atoms. The molecule has 0 spiro atoms. The van der Waals surface area contributed by atoms with Crippen LogP contribution < -0.4 is 5.32 Å². The van der Waals surface area contributed by atoms with Crippen LogP contribution in [0.2, 0.25) is 0 Å². The number of hydrogen-bond donors (Lipinski definition) is 1. The molecular weight excluding hydrogens is 200 g/mol. The summed E-state index contributed by atoms with van der Waals surface area (Å²) in [5.74, 6) is 0.378. The van der Waals surface area contributed by atoms with Crippen molar-refractivity contribution in [1.82, 2.24) is 4.98 Å². The van der Waals surface area contributed by atoms with E-state index in [9.17, 15) is 4.79 Å². The van der Waals surface area contributed by atoms with E-state index in [1.807, 2.05) is 26.8 Å². The van der Waals surface area contributed by atoms with Crippen LogP contribution in [0, 0.1) is 26.7 Å². The number of rotatable bonds is 2. The molecule has 0 atom stereocenters. The Morgan fingerprint density at radius 3 is 2.56 bits per heavy atom. The smallest absolute Gasteiger partial charge is 0.227 e. The Hall–Kier alpha value is -1.38. The number of carbonyl (C=O) groups is 1. The maximum atomic E-state index is 11.8. The Bertz CT molecular complexity index is 399. The number of anilines is 1. The van der Waals surface area contributed by atoms with E-state index in [0.717, 1.165) is 35.5 Å². The number of hydrogen-bond acceptors (Lipinski definition) is 2. The van der Waals surface area contributed by atoms with E-state index in [1.165, 1.54) is 6.42 Å². The summed E-state index contributed by atoms with van der Waals surface area (Å²) < 4.78 is 0. The molecular formula is C13H18N2O. The first kappa shape index (κ1) is 11.1. The molecule has 1 aromatic heterocycles. The molecule has 1 fully saturated rings. The first-order valence-electron chi connectivity index (χ1n) is 5.83. The zero-order valence-corrected chi connectivity index (χ0v) is 10.1. The average Bonchev–Trinajstić information content (AvgIpc) is 2.08. The van der Waals surface area contributed by atoms with E-state index in [2.05, 4.69) is 10.3 Å².